The molecule has 2 aliphatic heterocycles. The molecule has 5 nitrogen and oxygen atoms in total. The third kappa shape index (κ3) is 3.21. The number of aliphatic hydroxyl groups excluding tert-OH is 1. The fourth-order valence-electron chi connectivity index (χ4n) is 2.53. The van der Waals surface area contributed by atoms with Crippen LogP contribution in [-0.4, -0.2) is 61.5 Å². The molecule has 1 N–H and O–H groups in total. The maximum atomic E-state index is 13.5. The zero-order valence-corrected chi connectivity index (χ0v) is 13.5. The van der Waals surface area contributed by atoms with Crippen molar-refractivity contribution in [2.45, 2.75) is 12.0 Å². The van der Waals surface area contributed by atoms with Crippen molar-refractivity contribution in [2.24, 2.45) is 0 Å². The second kappa shape index (κ2) is 5.81. The van der Waals surface area contributed by atoms with E-state index in [1.54, 1.807) is 6.07 Å². The van der Waals surface area contributed by atoms with E-state index in [0.29, 0.717) is 19.0 Å². The van der Waals surface area contributed by atoms with Crippen LogP contribution in [0.25, 0.3) is 0 Å². The number of halogens is 3. The number of ether oxygens (including phenoxy) is 1. The molecule has 0 aromatic carbocycles. The van der Waals surface area contributed by atoms with E-state index >= 15 is 0 Å². The van der Waals surface area contributed by atoms with Crippen LogP contribution in [0.3, 0.4) is 0 Å². The molecule has 21 heavy (non-hydrogen) atoms. The summed E-state index contributed by atoms with van der Waals surface area (Å²) in [5.74, 6) is -1.83. The highest BCUT2D eigenvalue weighted by Gasteiger charge is 2.47. The topological polar surface area (TPSA) is 48.8 Å². The molecule has 2 saturated heterocycles. The predicted octanol–water partition coefficient (Wildman–Crippen LogP) is 1.34. The lowest BCUT2D eigenvalue weighted by Gasteiger charge is -2.29. The van der Waals surface area contributed by atoms with E-state index in [1.165, 1.54) is 4.90 Å². The summed E-state index contributed by atoms with van der Waals surface area (Å²) in [4.78, 5) is 8.01. The van der Waals surface area contributed by atoms with Gasteiger partial charge in [0.05, 0.1) is 26.3 Å². The molecule has 0 radical (unpaired) electrons. The Balaban J connectivity index is 1.84. The van der Waals surface area contributed by atoms with Crippen molar-refractivity contribution >= 4 is 34.2 Å². The fourth-order valence-corrected chi connectivity index (χ4v) is 3.08. The molecule has 1 atom stereocenters. The van der Waals surface area contributed by atoms with E-state index in [-0.39, 0.29) is 6.54 Å². The molecule has 0 aliphatic carbocycles. The van der Waals surface area contributed by atoms with Gasteiger partial charge in [0.1, 0.15) is 17.7 Å². The second-order valence-electron chi connectivity index (χ2n) is 5.26. The first-order chi connectivity index (χ1) is 9.95. The Morgan fingerprint density at radius 2 is 1.86 bits per heavy atom. The Bertz CT molecular complexity index is 526. The number of β-amino-alcohol motifs (C(OH)–C–C–N with tert-alkyl or cyclic N) is 1. The molecule has 1 aromatic rings. The van der Waals surface area contributed by atoms with E-state index in [9.17, 15) is 13.9 Å². The van der Waals surface area contributed by atoms with Gasteiger partial charge in [0, 0.05) is 16.7 Å². The van der Waals surface area contributed by atoms with Gasteiger partial charge in [-0.05, 0) is 34.7 Å². The van der Waals surface area contributed by atoms with E-state index in [0.717, 1.165) is 22.5 Å². The number of aromatic nitrogens is 1. The Morgan fingerprint density at radius 1 is 1.24 bits per heavy atom. The van der Waals surface area contributed by atoms with Crippen LogP contribution in [0, 0.1) is 3.57 Å². The van der Waals surface area contributed by atoms with Crippen molar-refractivity contribution in [2.75, 3.05) is 49.2 Å². The van der Waals surface area contributed by atoms with Crippen LogP contribution >= 0.6 is 22.6 Å². The first-order valence-electron chi connectivity index (χ1n) is 6.77. The highest BCUT2D eigenvalue weighted by molar-refractivity contribution is 14.1. The Labute approximate surface area is 135 Å². The van der Waals surface area contributed by atoms with Gasteiger partial charge in [-0.15, -0.1) is 0 Å². The molecule has 1 aromatic heterocycles. The Hall–Kier alpha value is -0.740. The molecule has 0 amide bonds. The number of rotatable bonds is 2. The fraction of sp³-hybridized carbons (Fsp3) is 0.615. The van der Waals surface area contributed by atoms with Gasteiger partial charge in [-0.2, -0.15) is 0 Å². The van der Waals surface area contributed by atoms with Gasteiger partial charge in [-0.3, -0.25) is 0 Å². The van der Waals surface area contributed by atoms with Gasteiger partial charge >= 0.3 is 0 Å². The normalized spacial score (nSPS) is 25.4. The second-order valence-corrected chi connectivity index (χ2v) is 6.50. The Morgan fingerprint density at radius 3 is 2.43 bits per heavy atom. The van der Waals surface area contributed by atoms with Crippen LogP contribution in [0.1, 0.15) is 0 Å². The van der Waals surface area contributed by atoms with Crippen molar-refractivity contribution in [1.29, 1.82) is 0 Å². The third-order valence-electron chi connectivity index (χ3n) is 3.70. The van der Waals surface area contributed by atoms with Crippen LogP contribution in [0.2, 0.25) is 0 Å². The summed E-state index contributed by atoms with van der Waals surface area (Å²) in [5, 5.41) is 9.43. The minimum atomic E-state index is -3.08. The summed E-state index contributed by atoms with van der Waals surface area (Å²) in [6, 6.07) is 3.69. The molecule has 3 rings (SSSR count). The van der Waals surface area contributed by atoms with Crippen LogP contribution in [0.15, 0.2) is 12.1 Å². The van der Waals surface area contributed by atoms with E-state index in [4.69, 9.17) is 4.74 Å². The molecular formula is C13H16F2IN3O2. The summed E-state index contributed by atoms with van der Waals surface area (Å²) < 4.78 is 33.2. The summed E-state index contributed by atoms with van der Waals surface area (Å²) in [6.07, 6.45) is -1.64. The number of anilines is 2. The maximum absolute atomic E-state index is 13.5. The maximum Gasteiger partial charge on any atom is 0.292 e. The van der Waals surface area contributed by atoms with Gasteiger partial charge in [0.15, 0.2) is 0 Å². The van der Waals surface area contributed by atoms with Gasteiger partial charge < -0.3 is 19.6 Å². The quantitative estimate of drug-likeness (QED) is 0.745. The molecule has 0 saturated carbocycles. The largest absolute Gasteiger partial charge is 0.385 e. The molecule has 2 aliphatic rings. The molecule has 3 heterocycles. The molecule has 0 spiro atoms. The number of hydrogen-bond donors (Lipinski definition) is 1. The first-order valence-corrected chi connectivity index (χ1v) is 7.85. The van der Waals surface area contributed by atoms with E-state index in [1.807, 2.05) is 6.07 Å². The van der Waals surface area contributed by atoms with Gasteiger partial charge in [0.25, 0.3) is 5.92 Å². The smallest absolute Gasteiger partial charge is 0.292 e. The molecule has 0 bridgehead atoms. The SMILES string of the molecule is OC1CN(c2cc(I)cc(N3CCOCC3)n2)CC1(F)F. The minimum Gasteiger partial charge on any atom is -0.385 e. The predicted molar refractivity (Wildman–Crippen MR) is 83.2 cm³/mol. The average Bonchev–Trinajstić information content (AvgIpc) is 2.73. The summed E-state index contributed by atoms with van der Waals surface area (Å²) in [7, 11) is 0. The Kier molecular flexibility index (Phi) is 4.19. The zero-order chi connectivity index (χ0) is 15.0. The van der Waals surface area contributed by atoms with Crippen molar-refractivity contribution in [3.05, 3.63) is 15.7 Å². The zero-order valence-electron chi connectivity index (χ0n) is 11.3. The monoisotopic (exact) mass is 411 g/mol. The highest BCUT2D eigenvalue weighted by atomic mass is 127. The highest BCUT2D eigenvalue weighted by Crippen LogP contribution is 2.32. The number of alkyl halides is 2. The van der Waals surface area contributed by atoms with Gasteiger partial charge in [-0.25, -0.2) is 13.8 Å². The van der Waals surface area contributed by atoms with Crippen LogP contribution in [0.5, 0.6) is 0 Å². The van der Waals surface area contributed by atoms with Crippen LogP contribution in [0.4, 0.5) is 20.4 Å². The lowest BCUT2D eigenvalue weighted by molar-refractivity contribution is -0.0712. The lowest BCUT2D eigenvalue weighted by Crippen LogP contribution is -2.37. The molecular weight excluding hydrogens is 395 g/mol. The van der Waals surface area contributed by atoms with E-state index < -0.39 is 18.6 Å². The number of hydrogen-bond acceptors (Lipinski definition) is 5. The van der Waals surface area contributed by atoms with Gasteiger partial charge in [-0.1, -0.05) is 0 Å². The van der Waals surface area contributed by atoms with Crippen LogP contribution < -0.4 is 9.80 Å². The number of nitrogens with zero attached hydrogens (tertiary/aromatic N) is 3. The number of morpholine rings is 1. The standard InChI is InChI=1S/C13H16F2IN3O2/c14-13(15)8-19(7-10(13)20)12-6-9(16)5-11(17-12)18-1-3-21-4-2-18/h5-6,10,20H,1-4,7-8H2. The summed E-state index contributed by atoms with van der Waals surface area (Å²) >= 11 is 2.15. The van der Waals surface area contributed by atoms with Crippen molar-refractivity contribution in [3.8, 4) is 0 Å². The summed E-state index contributed by atoms with van der Waals surface area (Å²) in [6.45, 7) is 2.18. The van der Waals surface area contributed by atoms with Gasteiger partial charge in [0.2, 0.25) is 0 Å². The number of aliphatic hydroxyl groups is 1. The molecule has 1 unspecified atom stereocenters. The van der Waals surface area contributed by atoms with Crippen molar-refractivity contribution < 1.29 is 18.6 Å². The third-order valence-corrected chi connectivity index (χ3v) is 4.33. The van der Waals surface area contributed by atoms with Crippen LogP contribution in [-0.2, 0) is 4.74 Å². The number of pyridine rings is 1. The van der Waals surface area contributed by atoms with Crippen molar-refractivity contribution in [1.82, 2.24) is 4.98 Å². The van der Waals surface area contributed by atoms with E-state index in [2.05, 4.69) is 32.5 Å². The molecule has 2 fully saturated rings. The molecule has 8 heteroatoms. The summed E-state index contributed by atoms with van der Waals surface area (Å²) in [5.41, 5.74) is 0. The minimum absolute atomic E-state index is 0.0946. The first kappa shape index (κ1) is 15.2. The molecule has 116 valence electrons. The average molecular weight is 411 g/mol. The van der Waals surface area contributed by atoms with Crippen molar-refractivity contribution in [3.63, 3.8) is 0 Å². The lowest BCUT2D eigenvalue weighted by atomic mass is 10.2.